The normalized spacial score (nSPS) is 15.1. The maximum Gasteiger partial charge on any atom is 0.253 e. The Morgan fingerprint density at radius 2 is 1.95 bits per heavy atom. The number of piperazine rings is 1. The average molecular weight is 562 g/mol. The van der Waals surface area contributed by atoms with Gasteiger partial charge >= 0.3 is 0 Å². The molecule has 39 heavy (non-hydrogen) atoms. The molecule has 9 nitrogen and oxygen atoms in total. The number of aryl methyl sites for hydroxylation is 1. The molecule has 200 valence electrons. The molecule has 2 aliphatic rings. The van der Waals surface area contributed by atoms with Crippen molar-refractivity contribution in [2.24, 2.45) is 0 Å². The minimum absolute atomic E-state index is 0.0116. The number of nitrogens with one attached hydrogen (secondary N) is 1. The topological polar surface area (TPSA) is 96.3 Å². The molecule has 3 aromatic heterocycles. The van der Waals surface area contributed by atoms with Crippen molar-refractivity contribution in [3.63, 3.8) is 0 Å². The molecule has 4 heterocycles. The molecule has 6 rings (SSSR count). The molecule has 11 heteroatoms. The number of carbonyl (C=O) groups is 2. The van der Waals surface area contributed by atoms with Gasteiger partial charge in [-0.3, -0.25) is 14.6 Å². The van der Waals surface area contributed by atoms with Crippen molar-refractivity contribution in [1.82, 2.24) is 29.5 Å². The number of aromatic nitrogens is 4. The number of hydrogen-bond acceptors (Lipinski definition) is 7. The fourth-order valence-corrected chi connectivity index (χ4v) is 6.62. The van der Waals surface area contributed by atoms with Gasteiger partial charge in [-0.05, 0) is 49.7 Å². The van der Waals surface area contributed by atoms with E-state index in [1.165, 1.54) is 18.3 Å². The summed E-state index contributed by atoms with van der Waals surface area (Å²) in [5.41, 5.74) is 5.90. The number of amides is 2. The number of fused-ring (bicyclic) bond motifs is 3. The summed E-state index contributed by atoms with van der Waals surface area (Å²) < 4.78 is 1.85. The minimum atomic E-state index is -0.162. The number of halogens is 1. The SMILES string of the molecule is CCN1CCN(C(=O)c2ccc(-n3nc(-c4cccnc4)c4c3-c3sc(NC(C)=O)nc3CC4)c(Cl)c2)CC1. The van der Waals surface area contributed by atoms with Gasteiger partial charge in [-0.1, -0.05) is 29.9 Å². The van der Waals surface area contributed by atoms with Crippen LogP contribution in [0.3, 0.4) is 0 Å². The molecule has 1 aliphatic carbocycles. The molecule has 0 unspecified atom stereocenters. The summed E-state index contributed by atoms with van der Waals surface area (Å²) in [6, 6.07) is 9.31. The van der Waals surface area contributed by atoms with Crippen molar-refractivity contribution in [3.8, 4) is 27.5 Å². The fourth-order valence-electron chi connectivity index (χ4n) is 5.24. The highest BCUT2D eigenvalue weighted by atomic mass is 35.5. The average Bonchev–Trinajstić information content (AvgIpc) is 3.53. The first-order valence-corrected chi connectivity index (χ1v) is 14.2. The summed E-state index contributed by atoms with van der Waals surface area (Å²) in [5.74, 6) is -0.173. The third-order valence-corrected chi connectivity index (χ3v) is 8.58. The van der Waals surface area contributed by atoms with Gasteiger partial charge in [0.05, 0.1) is 32.7 Å². The van der Waals surface area contributed by atoms with Gasteiger partial charge in [0.1, 0.15) is 0 Å². The van der Waals surface area contributed by atoms with Crippen molar-refractivity contribution in [2.75, 3.05) is 38.0 Å². The molecule has 1 fully saturated rings. The monoisotopic (exact) mass is 561 g/mol. The van der Waals surface area contributed by atoms with Crippen LogP contribution in [0.4, 0.5) is 5.13 Å². The second kappa shape index (κ2) is 10.5. The lowest BCUT2D eigenvalue weighted by molar-refractivity contribution is -0.114. The molecule has 0 atom stereocenters. The number of pyridine rings is 1. The molecule has 1 aromatic carbocycles. The zero-order valence-corrected chi connectivity index (χ0v) is 23.3. The van der Waals surface area contributed by atoms with Crippen LogP contribution in [-0.2, 0) is 17.6 Å². The number of carbonyl (C=O) groups excluding carboxylic acids is 2. The predicted octanol–water partition coefficient (Wildman–Crippen LogP) is 4.55. The number of hydrogen-bond donors (Lipinski definition) is 1. The second-order valence-corrected chi connectivity index (χ2v) is 11.1. The lowest BCUT2D eigenvalue weighted by Gasteiger charge is -2.34. The molecule has 2 amide bonds. The minimum Gasteiger partial charge on any atom is -0.336 e. The standard InChI is InChI=1S/C28H28ClN7O2S/c1-3-34-11-13-35(14-12-34)27(38)18-6-9-23(21(29)15-18)36-25-20(24(33-36)19-5-4-10-30-16-19)7-8-22-26(25)39-28(32-22)31-17(2)37/h4-6,9-10,15-16H,3,7-8,11-14H2,1-2H3,(H,31,32,37). The highest BCUT2D eigenvalue weighted by Crippen LogP contribution is 2.44. The Bertz CT molecular complexity index is 1560. The van der Waals surface area contributed by atoms with Crippen LogP contribution in [0, 0.1) is 0 Å². The van der Waals surface area contributed by atoms with Gasteiger partial charge < -0.3 is 15.1 Å². The molecule has 0 saturated carbocycles. The summed E-state index contributed by atoms with van der Waals surface area (Å²) in [4.78, 5) is 39.1. The van der Waals surface area contributed by atoms with Crippen LogP contribution in [0.25, 0.3) is 27.5 Å². The van der Waals surface area contributed by atoms with Crippen LogP contribution in [0.15, 0.2) is 42.7 Å². The molecule has 4 aromatic rings. The van der Waals surface area contributed by atoms with Gasteiger partial charge in [0.15, 0.2) is 5.13 Å². The molecule has 1 saturated heterocycles. The number of nitrogens with zero attached hydrogens (tertiary/aromatic N) is 6. The van der Waals surface area contributed by atoms with Crippen molar-refractivity contribution in [2.45, 2.75) is 26.7 Å². The first kappa shape index (κ1) is 25.7. The van der Waals surface area contributed by atoms with Gasteiger partial charge in [0.2, 0.25) is 5.91 Å². The number of anilines is 1. The van der Waals surface area contributed by atoms with E-state index in [2.05, 4.69) is 27.1 Å². The second-order valence-electron chi connectivity index (χ2n) is 9.70. The van der Waals surface area contributed by atoms with Gasteiger partial charge in [-0.15, -0.1) is 0 Å². The van der Waals surface area contributed by atoms with Crippen LogP contribution >= 0.6 is 22.9 Å². The van der Waals surface area contributed by atoms with E-state index in [1.807, 2.05) is 33.8 Å². The maximum absolute atomic E-state index is 13.2. The number of rotatable bonds is 5. The Morgan fingerprint density at radius 1 is 1.13 bits per heavy atom. The third kappa shape index (κ3) is 4.84. The van der Waals surface area contributed by atoms with Crippen LogP contribution in [-0.4, -0.2) is 74.1 Å². The van der Waals surface area contributed by atoms with E-state index in [0.29, 0.717) is 34.5 Å². The molecular weight excluding hydrogens is 534 g/mol. The lowest BCUT2D eigenvalue weighted by atomic mass is 9.95. The summed E-state index contributed by atoms with van der Waals surface area (Å²) >= 11 is 8.30. The lowest BCUT2D eigenvalue weighted by Crippen LogP contribution is -2.48. The largest absolute Gasteiger partial charge is 0.336 e. The van der Waals surface area contributed by atoms with E-state index in [0.717, 1.165) is 65.6 Å². The molecule has 1 N–H and O–H groups in total. The van der Waals surface area contributed by atoms with Crippen LogP contribution in [0.5, 0.6) is 0 Å². The van der Waals surface area contributed by atoms with Crippen molar-refractivity contribution >= 4 is 39.9 Å². The first-order valence-electron chi connectivity index (χ1n) is 13.0. The highest BCUT2D eigenvalue weighted by Gasteiger charge is 2.31. The summed E-state index contributed by atoms with van der Waals surface area (Å²) in [6.45, 7) is 7.77. The van der Waals surface area contributed by atoms with Crippen LogP contribution in [0.1, 0.15) is 35.5 Å². The first-order chi connectivity index (χ1) is 18.9. The number of benzene rings is 1. The third-order valence-electron chi connectivity index (χ3n) is 7.26. The molecule has 0 spiro atoms. The van der Waals surface area contributed by atoms with Gasteiger partial charge in [0, 0.05) is 62.2 Å². The molecule has 0 bridgehead atoms. The van der Waals surface area contributed by atoms with Gasteiger partial charge in [-0.25, -0.2) is 9.67 Å². The Hall–Kier alpha value is -3.60. The van der Waals surface area contributed by atoms with Gasteiger partial charge in [-0.2, -0.15) is 5.10 Å². The fraction of sp³-hybridized carbons (Fsp3) is 0.321. The van der Waals surface area contributed by atoms with Crippen molar-refractivity contribution < 1.29 is 9.59 Å². The Balaban J connectivity index is 1.41. The molecule has 1 aliphatic heterocycles. The summed E-state index contributed by atoms with van der Waals surface area (Å²) in [7, 11) is 0. The summed E-state index contributed by atoms with van der Waals surface area (Å²) in [5, 5.41) is 8.85. The van der Waals surface area contributed by atoms with E-state index in [4.69, 9.17) is 16.7 Å². The number of likely N-dealkylation sites (N-methyl/N-ethyl adjacent to an activating group) is 1. The Kier molecular flexibility index (Phi) is 6.92. The van der Waals surface area contributed by atoms with E-state index in [9.17, 15) is 9.59 Å². The van der Waals surface area contributed by atoms with E-state index >= 15 is 0 Å². The number of thiazole rings is 1. The Morgan fingerprint density at radius 3 is 2.64 bits per heavy atom. The predicted molar refractivity (Wildman–Crippen MR) is 153 cm³/mol. The van der Waals surface area contributed by atoms with E-state index in [1.54, 1.807) is 18.5 Å². The zero-order valence-electron chi connectivity index (χ0n) is 21.8. The van der Waals surface area contributed by atoms with Crippen LogP contribution in [0.2, 0.25) is 5.02 Å². The smallest absolute Gasteiger partial charge is 0.253 e. The van der Waals surface area contributed by atoms with Crippen molar-refractivity contribution in [1.29, 1.82) is 0 Å². The molecule has 0 radical (unpaired) electrons. The van der Waals surface area contributed by atoms with Crippen molar-refractivity contribution in [3.05, 3.63) is 64.6 Å². The van der Waals surface area contributed by atoms with E-state index in [-0.39, 0.29) is 11.8 Å². The maximum atomic E-state index is 13.2. The highest BCUT2D eigenvalue weighted by molar-refractivity contribution is 7.19. The quantitative estimate of drug-likeness (QED) is 0.384. The summed E-state index contributed by atoms with van der Waals surface area (Å²) in [6.07, 6.45) is 5.03. The zero-order chi connectivity index (χ0) is 27.1. The van der Waals surface area contributed by atoms with Crippen LogP contribution < -0.4 is 5.32 Å². The van der Waals surface area contributed by atoms with Gasteiger partial charge in [0.25, 0.3) is 5.91 Å². The van der Waals surface area contributed by atoms with E-state index < -0.39 is 0 Å². The molecular formula is C28H28ClN7O2S. The Labute approximate surface area is 235 Å².